The number of nitrogens with two attached hydrogens (primary N) is 3. The number of likely N-dealkylation sites (N-methyl/N-ethyl adjacent to an activating group) is 1. The van der Waals surface area contributed by atoms with E-state index < -0.39 is 5.91 Å². The van der Waals surface area contributed by atoms with Crippen LogP contribution in [0.25, 0.3) is 0 Å². The summed E-state index contributed by atoms with van der Waals surface area (Å²) in [6, 6.07) is 8.41. The van der Waals surface area contributed by atoms with Gasteiger partial charge in [-0.3, -0.25) is 9.79 Å². The molecular weight excluding hydrogens is 392 g/mol. The van der Waals surface area contributed by atoms with E-state index in [-0.39, 0.29) is 17.6 Å². The summed E-state index contributed by atoms with van der Waals surface area (Å²) in [7, 11) is 3.65. The van der Waals surface area contributed by atoms with Gasteiger partial charge in [0.2, 0.25) is 0 Å². The van der Waals surface area contributed by atoms with E-state index in [0.717, 1.165) is 5.56 Å². The molecule has 0 bridgehead atoms. The van der Waals surface area contributed by atoms with E-state index in [1.165, 1.54) is 31.9 Å². The van der Waals surface area contributed by atoms with Gasteiger partial charge in [-0.2, -0.15) is 0 Å². The lowest BCUT2D eigenvalue weighted by molar-refractivity contribution is -0.114. The third-order valence-corrected chi connectivity index (χ3v) is 5.13. The summed E-state index contributed by atoms with van der Waals surface area (Å²) in [4.78, 5) is 19.9. The first-order valence-corrected chi connectivity index (χ1v) is 10.4. The quantitative estimate of drug-likeness (QED) is 0.226. The molecule has 1 aliphatic carbocycles. The first-order chi connectivity index (χ1) is 15.0. The van der Waals surface area contributed by atoms with E-state index in [9.17, 15) is 4.79 Å². The van der Waals surface area contributed by atoms with Gasteiger partial charge in [0.05, 0.1) is 11.3 Å². The minimum absolute atomic E-state index is 0.0546. The predicted octanol–water partition coefficient (Wildman–Crippen LogP) is 0.926. The molecule has 0 saturated heterocycles. The number of carbonyl (C=O) groups excluding carboxylic acids is 1. The fraction of sp³-hybridized carbons (Fsp3) is 0.409. The first kappa shape index (κ1) is 24.1. The molecule has 1 aromatic carbocycles. The standard InChI is InChI=1S/C15H18N6O.C7H16N2/c1-18-9-12(14(17)22)13(16)21-11-5-2-4-10(8-11)15-19-6-3-7-20-15;1-9-7-5-3-2-4-6(7)8/h2-9,15,18-19H,1H3,(H2,16,21)(H2,17,22);6-7,9H,2-5,8H2,1H3/b12-9+;/t;6-,7+/m.1/s1. The summed E-state index contributed by atoms with van der Waals surface area (Å²) in [5.74, 6) is -0.588. The zero-order valence-corrected chi connectivity index (χ0v) is 18.2. The number of amides is 1. The topological polar surface area (TPSA) is 156 Å². The molecule has 9 heteroatoms. The lowest BCUT2D eigenvalue weighted by Crippen LogP contribution is -2.45. The Bertz CT molecular complexity index is 846. The summed E-state index contributed by atoms with van der Waals surface area (Å²) >= 11 is 0. The average molecular weight is 427 g/mol. The van der Waals surface area contributed by atoms with Gasteiger partial charge < -0.3 is 33.2 Å². The van der Waals surface area contributed by atoms with Crippen molar-refractivity contribution in [3.05, 3.63) is 53.9 Å². The van der Waals surface area contributed by atoms with E-state index in [2.05, 4.69) is 25.9 Å². The highest BCUT2D eigenvalue weighted by atomic mass is 16.1. The maximum absolute atomic E-state index is 11.4. The molecule has 3 rings (SSSR count). The van der Waals surface area contributed by atoms with Gasteiger partial charge in [0.15, 0.2) is 0 Å². The Labute approximate surface area is 184 Å². The molecule has 3 atom stereocenters. The first-order valence-electron chi connectivity index (χ1n) is 10.4. The van der Waals surface area contributed by atoms with Crippen molar-refractivity contribution < 1.29 is 4.79 Å². The Morgan fingerprint density at radius 3 is 2.61 bits per heavy atom. The maximum atomic E-state index is 11.4. The van der Waals surface area contributed by atoms with Crippen molar-refractivity contribution in [2.75, 3.05) is 14.1 Å². The minimum Gasteiger partial charge on any atom is -0.393 e. The molecule has 1 amide bonds. The molecule has 1 aromatic rings. The zero-order valence-electron chi connectivity index (χ0n) is 18.2. The summed E-state index contributed by atoms with van der Waals surface area (Å²) in [5, 5.41) is 9.07. The number of hydrogen-bond acceptors (Lipinski definition) is 7. The highest BCUT2D eigenvalue weighted by molar-refractivity contribution is 6.20. The summed E-state index contributed by atoms with van der Waals surface area (Å²) in [6.07, 6.45) is 11.8. The molecule has 9 N–H and O–H groups in total. The molecule has 0 aromatic heterocycles. The van der Waals surface area contributed by atoms with E-state index in [1.807, 2.05) is 37.5 Å². The lowest BCUT2D eigenvalue weighted by Gasteiger charge is -2.27. The van der Waals surface area contributed by atoms with Crippen molar-refractivity contribution in [3.63, 3.8) is 0 Å². The highest BCUT2D eigenvalue weighted by Gasteiger charge is 2.19. The molecule has 1 heterocycles. The molecule has 1 aliphatic heterocycles. The number of carbonyl (C=O) groups is 1. The second-order valence-electron chi connectivity index (χ2n) is 7.37. The van der Waals surface area contributed by atoms with Gasteiger partial charge >= 0.3 is 0 Å². The fourth-order valence-corrected chi connectivity index (χ4v) is 3.45. The van der Waals surface area contributed by atoms with Crippen LogP contribution in [0.3, 0.4) is 0 Å². The summed E-state index contributed by atoms with van der Waals surface area (Å²) in [6.45, 7) is 0. The molecule has 0 radical (unpaired) electrons. The number of rotatable bonds is 6. The summed E-state index contributed by atoms with van der Waals surface area (Å²) in [5.41, 5.74) is 18.6. The van der Waals surface area contributed by atoms with Crippen LogP contribution >= 0.6 is 0 Å². The molecule has 1 unspecified atom stereocenters. The Morgan fingerprint density at radius 1 is 1.26 bits per heavy atom. The number of allylic oxidation sites excluding steroid dienone is 1. The maximum Gasteiger partial charge on any atom is 0.253 e. The van der Waals surface area contributed by atoms with E-state index in [0.29, 0.717) is 17.8 Å². The van der Waals surface area contributed by atoms with E-state index in [1.54, 1.807) is 19.3 Å². The summed E-state index contributed by atoms with van der Waals surface area (Å²) < 4.78 is 0. The number of amidine groups is 1. The van der Waals surface area contributed by atoms with Crippen LogP contribution in [0.4, 0.5) is 5.69 Å². The number of nitrogens with one attached hydrogen (secondary N) is 3. The van der Waals surface area contributed by atoms with Crippen LogP contribution in [0, 0.1) is 0 Å². The molecule has 9 nitrogen and oxygen atoms in total. The van der Waals surface area contributed by atoms with Gasteiger partial charge in [0.25, 0.3) is 5.91 Å². The van der Waals surface area contributed by atoms with Crippen LogP contribution in [0.5, 0.6) is 0 Å². The lowest BCUT2D eigenvalue weighted by atomic mass is 9.91. The van der Waals surface area contributed by atoms with Crippen molar-refractivity contribution in [2.24, 2.45) is 27.2 Å². The molecule has 0 spiro atoms. The number of benzene rings is 1. The van der Waals surface area contributed by atoms with Crippen molar-refractivity contribution >= 4 is 23.6 Å². The van der Waals surface area contributed by atoms with Crippen LogP contribution in [0.1, 0.15) is 37.4 Å². The van der Waals surface area contributed by atoms with Crippen molar-refractivity contribution in [1.82, 2.24) is 16.0 Å². The van der Waals surface area contributed by atoms with Crippen LogP contribution in [-0.4, -0.2) is 44.1 Å². The van der Waals surface area contributed by atoms with Crippen LogP contribution in [0.2, 0.25) is 0 Å². The van der Waals surface area contributed by atoms with Gasteiger partial charge in [0, 0.05) is 31.5 Å². The molecular formula is C22H34N8O. The van der Waals surface area contributed by atoms with Gasteiger partial charge in [0.1, 0.15) is 12.0 Å². The smallest absolute Gasteiger partial charge is 0.253 e. The SMILES string of the molecule is CN/C=C(/C(N)=O)C(N)=Nc1cccc(C2N=CC=CN2)c1.CN[C@H]1CCCC[C@H]1N. The van der Waals surface area contributed by atoms with E-state index in [4.69, 9.17) is 17.2 Å². The van der Waals surface area contributed by atoms with Crippen molar-refractivity contribution in [2.45, 2.75) is 43.9 Å². The number of aliphatic imine (C=N–C) groups is 2. The van der Waals surface area contributed by atoms with Crippen LogP contribution < -0.4 is 33.2 Å². The van der Waals surface area contributed by atoms with Crippen molar-refractivity contribution in [1.29, 1.82) is 0 Å². The Hall–Kier alpha value is -3.17. The third kappa shape index (κ3) is 7.54. The monoisotopic (exact) mass is 426 g/mol. The minimum atomic E-state index is -0.643. The Morgan fingerprint density at radius 2 is 2.03 bits per heavy atom. The largest absolute Gasteiger partial charge is 0.393 e. The second-order valence-corrected chi connectivity index (χ2v) is 7.37. The Kier molecular flexibility index (Phi) is 9.73. The normalized spacial score (nSPS) is 23.4. The van der Waals surface area contributed by atoms with Gasteiger partial charge in [-0.25, -0.2) is 4.99 Å². The number of primary amides is 1. The Balaban J connectivity index is 0.000000316. The molecule has 1 saturated carbocycles. The van der Waals surface area contributed by atoms with E-state index >= 15 is 0 Å². The van der Waals surface area contributed by atoms with Gasteiger partial charge in [-0.1, -0.05) is 25.0 Å². The number of hydrogen-bond donors (Lipinski definition) is 6. The zero-order chi connectivity index (χ0) is 22.6. The van der Waals surface area contributed by atoms with Gasteiger partial charge in [-0.15, -0.1) is 0 Å². The fourth-order valence-electron chi connectivity index (χ4n) is 3.45. The number of nitrogens with zero attached hydrogens (tertiary/aromatic N) is 2. The molecule has 31 heavy (non-hydrogen) atoms. The average Bonchev–Trinajstić information content (AvgIpc) is 2.78. The molecule has 168 valence electrons. The van der Waals surface area contributed by atoms with Gasteiger partial charge in [-0.05, 0) is 49.9 Å². The van der Waals surface area contributed by atoms with Crippen molar-refractivity contribution in [3.8, 4) is 0 Å². The highest BCUT2D eigenvalue weighted by Crippen LogP contribution is 2.22. The van der Waals surface area contributed by atoms with Crippen LogP contribution in [0.15, 0.2) is 58.3 Å². The molecule has 1 fully saturated rings. The third-order valence-electron chi connectivity index (χ3n) is 5.13. The second kappa shape index (κ2) is 12.5. The molecule has 2 aliphatic rings. The predicted molar refractivity (Wildman–Crippen MR) is 127 cm³/mol. The van der Waals surface area contributed by atoms with Crippen LogP contribution in [-0.2, 0) is 4.79 Å².